The van der Waals surface area contributed by atoms with Gasteiger partial charge in [-0.1, -0.05) is 61.9 Å². The van der Waals surface area contributed by atoms with Crippen molar-refractivity contribution in [3.05, 3.63) is 98.5 Å². The van der Waals surface area contributed by atoms with E-state index in [4.69, 9.17) is 4.99 Å². The summed E-state index contributed by atoms with van der Waals surface area (Å²) < 4.78 is 0. The molecule has 4 rings (SSSR count). The topological polar surface area (TPSA) is 45.2 Å². The molecule has 3 nitrogen and oxygen atoms in total. The Kier molecular flexibility index (Phi) is 5.46. The quantitative estimate of drug-likeness (QED) is 0.502. The molecule has 2 aliphatic rings. The lowest BCUT2D eigenvalue weighted by Gasteiger charge is -2.45. The number of rotatable bonds is 4. The molecule has 0 fully saturated rings. The normalized spacial score (nSPS) is 24.6. The van der Waals surface area contributed by atoms with Gasteiger partial charge in [-0.25, -0.2) is 0 Å². The first-order valence-corrected chi connectivity index (χ1v) is 10.8. The first kappa shape index (κ1) is 20.3. The van der Waals surface area contributed by atoms with Crippen molar-refractivity contribution in [3.63, 3.8) is 0 Å². The fourth-order valence-corrected chi connectivity index (χ4v) is 5.16. The summed E-state index contributed by atoms with van der Waals surface area (Å²) in [6.45, 7) is 8.73. The molecule has 0 spiro atoms. The van der Waals surface area contributed by atoms with Crippen molar-refractivity contribution < 1.29 is 0 Å². The summed E-state index contributed by atoms with van der Waals surface area (Å²) in [4.78, 5) is 20.2. The van der Waals surface area contributed by atoms with Crippen LogP contribution in [0.5, 0.6) is 0 Å². The zero-order valence-electron chi connectivity index (χ0n) is 18.3. The molecule has 2 unspecified atom stereocenters. The molecule has 0 amide bonds. The third-order valence-corrected chi connectivity index (χ3v) is 6.35. The number of hydrogen-bond donors (Lipinski definition) is 1. The maximum atomic E-state index is 11.9. The number of nitrogens with zero attached hydrogens (tertiary/aromatic N) is 1. The molecule has 0 saturated heterocycles. The standard InChI is InChI=1S/C27H30N2O/c1-5-23-21-15-19(4)17-27(23,24-12-13-26(30)29-25(24)16-21)28-14-8-10-20-9-6-7-11-22(20)18(2)3/h5-15,18,21H,16-17H2,1-4H3,(H,29,30)/b10-8+,23-5+,28-14+. The predicted molar refractivity (Wildman–Crippen MR) is 126 cm³/mol. The van der Waals surface area contributed by atoms with Crippen LogP contribution in [0.3, 0.4) is 0 Å². The van der Waals surface area contributed by atoms with Crippen LogP contribution in [0.4, 0.5) is 0 Å². The van der Waals surface area contributed by atoms with Crippen LogP contribution in [-0.4, -0.2) is 11.2 Å². The fourth-order valence-electron chi connectivity index (χ4n) is 5.16. The van der Waals surface area contributed by atoms with Crippen molar-refractivity contribution in [2.24, 2.45) is 10.9 Å². The van der Waals surface area contributed by atoms with Gasteiger partial charge in [0.25, 0.3) is 0 Å². The van der Waals surface area contributed by atoms with Gasteiger partial charge in [0.2, 0.25) is 5.56 Å². The number of pyridine rings is 1. The van der Waals surface area contributed by atoms with E-state index < -0.39 is 5.54 Å². The smallest absolute Gasteiger partial charge is 0.248 e. The second-order valence-corrected chi connectivity index (χ2v) is 8.74. The molecule has 154 valence electrons. The van der Waals surface area contributed by atoms with E-state index >= 15 is 0 Å². The lowest BCUT2D eigenvalue weighted by atomic mass is 9.63. The maximum absolute atomic E-state index is 11.9. The van der Waals surface area contributed by atoms with E-state index in [0.29, 0.717) is 5.92 Å². The van der Waals surface area contributed by atoms with Crippen LogP contribution in [0.25, 0.3) is 6.08 Å². The molecule has 1 aromatic heterocycles. The van der Waals surface area contributed by atoms with Crippen molar-refractivity contribution >= 4 is 12.3 Å². The van der Waals surface area contributed by atoms with Crippen LogP contribution in [0.15, 0.2) is 75.6 Å². The molecule has 1 aromatic carbocycles. The molecule has 2 bridgehead atoms. The molecular weight excluding hydrogens is 368 g/mol. The van der Waals surface area contributed by atoms with Gasteiger partial charge in [0.05, 0.1) is 0 Å². The van der Waals surface area contributed by atoms with Crippen LogP contribution in [0, 0.1) is 5.92 Å². The molecule has 0 aliphatic heterocycles. The molecule has 3 heteroatoms. The summed E-state index contributed by atoms with van der Waals surface area (Å²) in [5.41, 5.74) is 6.94. The lowest BCUT2D eigenvalue weighted by molar-refractivity contribution is 0.413. The maximum Gasteiger partial charge on any atom is 0.248 e. The van der Waals surface area contributed by atoms with Gasteiger partial charge in [0.15, 0.2) is 0 Å². The van der Waals surface area contributed by atoms with Crippen molar-refractivity contribution in [2.75, 3.05) is 0 Å². The molecule has 1 N–H and O–H groups in total. The molecule has 0 radical (unpaired) electrons. The van der Waals surface area contributed by atoms with E-state index in [-0.39, 0.29) is 11.5 Å². The van der Waals surface area contributed by atoms with Crippen molar-refractivity contribution in [2.45, 2.75) is 52.0 Å². The van der Waals surface area contributed by atoms with Gasteiger partial charge in [-0.3, -0.25) is 9.79 Å². The van der Waals surface area contributed by atoms with Gasteiger partial charge in [0.1, 0.15) is 5.54 Å². The van der Waals surface area contributed by atoms with E-state index in [0.717, 1.165) is 24.1 Å². The minimum absolute atomic E-state index is 0.0410. The van der Waals surface area contributed by atoms with E-state index in [1.165, 1.54) is 22.3 Å². The summed E-state index contributed by atoms with van der Waals surface area (Å²) >= 11 is 0. The first-order chi connectivity index (χ1) is 14.4. The van der Waals surface area contributed by atoms with Crippen molar-refractivity contribution in [1.82, 2.24) is 4.98 Å². The SMILES string of the molecule is C/C=C1\C2C=C(C)CC1(/N=C/C=C/c1ccccc1C(C)C)c1ccc(=O)[nH]c1C2. The average molecular weight is 399 g/mol. The Balaban J connectivity index is 1.76. The molecular formula is C27H30N2O. The van der Waals surface area contributed by atoms with Gasteiger partial charge in [-0.05, 0) is 55.0 Å². The molecule has 2 aliphatic carbocycles. The third kappa shape index (κ3) is 3.54. The summed E-state index contributed by atoms with van der Waals surface area (Å²) in [6.07, 6.45) is 12.4. The Morgan fingerprint density at radius 1 is 1.20 bits per heavy atom. The van der Waals surface area contributed by atoms with Gasteiger partial charge in [0, 0.05) is 35.9 Å². The van der Waals surface area contributed by atoms with Gasteiger partial charge >= 0.3 is 0 Å². The lowest BCUT2D eigenvalue weighted by Crippen LogP contribution is -2.40. The molecule has 2 atom stereocenters. The van der Waals surface area contributed by atoms with Crippen LogP contribution >= 0.6 is 0 Å². The number of aromatic amines is 1. The summed E-state index contributed by atoms with van der Waals surface area (Å²) in [5, 5.41) is 0. The number of aromatic nitrogens is 1. The highest BCUT2D eigenvalue weighted by Crippen LogP contribution is 2.51. The summed E-state index contributed by atoms with van der Waals surface area (Å²) in [6, 6.07) is 12.1. The second kappa shape index (κ2) is 8.06. The minimum Gasteiger partial charge on any atom is -0.326 e. The van der Waals surface area contributed by atoms with Crippen molar-refractivity contribution in [1.29, 1.82) is 0 Å². The second-order valence-electron chi connectivity index (χ2n) is 8.74. The van der Waals surface area contributed by atoms with E-state index in [1.807, 2.05) is 18.4 Å². The highest BCUT2D eigenvalue weighted by Gasteiger charge is 2.46. The van der Waals surface area contributed by atoms with E-state index in [1.54, 1.807) is 6.07 Å². The van der Waals surface area contributed by atoms with Crippen molar-refractivity contribution in [3.8, 4) is 0 Å². The Bertz CT molecular complexity index is 1130. The zero-order chi connectivity index (χ0) is 21.3. The Morgan fingerprint density at radius 2 is 2.00 bits per heavy atom. The number of H-pyrrole nitrogens is 1. The highest BCUT2D eigenvalue weighted by molar-refractivity contribution is 5.80. The number of nitrogens with one attached hydrogen (secondary N) is 1. The number of fused-ring (bicyclic) bond motifs is 4. The van der Waals surface area contributed by atoms with Crippen LogP contribution < -0.4 is 5.56 Å². The highest BCUT2D eigenvalue weighted by atomic mass is 16.1. The Hall–Kier alpha value is -2.94. The Labute approximate surface area is 179 Å². The zero-order valence-corrected chi connectivity index (χ0v) is 18.3. The fraction of sp³-hybridized carbons (Fsp3) is 0.333. The molecule has 1 heterocycles. The van der Waals surface area contributed by atoms with Crippen LogP contribution in [-0.2, 0) is 12.0 Å². The van der Waals surface area contributed by atoms with E-state index in [9.17, 15) is 4.79 Å². The Morgan fingerprint density at radius 3 is 2.77 bits per heavy atom. The largest absolute Gasteiger partial charge is 0.326 e. The monoisotopic (exact) mass is 398 g/mol. The van der Waals surface area contributed by atoms with Gasteiger partial charge in [-0.2, -0.15) is 0 Å². The molecule has 0 saturated carbocycles. The molecule has 30 heavy (non-hydrogen) atoms. The third-order valence-electron chi connectivity index (χ3n) is 6.35. The molecule has 2 aromatic rings. The summed E-state index contributed by atoms with van der Waals surface area (Å²) in [7, 11) is 0. The van der Waals surface area contributed by atoms with Crippen LogP contribution in [0.1, 0.15) is 62.4 Å². The van der Waals surface area contributed by atoms with E-state index in [2.05, 4.69) is 75.2 Å². The number of hydrogen-bond acceptors (Lipinski definition) is 2. The number of aliphatic imine (C=N–C) groups is 1. The number of benzene rings is 1. The summed E-state index contributed by atoms with van der Waals surface area (Å²) in [5.74, 6) is 0.766. The van der Waals surface area contributed by atoms with Gasteiger partial charge < -0.3 is 4.98 Å². The average Bonchev–Trinajstić information content (AvgIpc) is 2.70. The van der Waals surface area contributed by atoms with Gasteiger partial charge in [-0.15, -0.1) is 0 Å². The predicted octanol–water partition coefficient (Wildman–Crippen LogP) is 5.95. The number of allylic oxidation sites excluding steroid dienone is 3. The first-order valence-electron chi connectivity index (χ1n) is 10.8. The minimum atomic E-state index is -0.433. The van der Waals surface area contributed by atoms with Crippen LogP contribution in [0.2, 0.25) is 0 Å².